The Labute approximate surface area is 99.4 Å². The van der Waals surface area contributed by atoms with Gasteiger partial charge in [-0.15, -0.1) is 0 Å². The predicted molar refractivity (Wildman–Crippen MR) is 62.4 cm³/mol. The first kappa shape index (κ1) is 13.4. The summed E-state index contributed by atoms with van der Waals surface area (Å²) in [7, 11) is 0. The standard InChI is InChI=1S/C12H16FNO3/c1-2-17-7-3-4-12(16)14-9-5-6-11(15)10(13)8-9/h5-6,8,15H,2-4,7H2,1H3,(H,14,16). The van der Waals surface area contributed by atoms with E-state index in [9.17, 15) is 9.18 Å². The summed E-state index contributed by atoms with van der Waals surface area (Å²) in [5.41, 5.74) is 0.335. The van der Waals surface area contributed by atoms with Crippen molar-refractivity contribution in [3.05, 3.63) is 24.0 Å². The highest BCUT2D eigenvalue weighted by Gasteiger charge is 2.05. The van der Waals surface area contributed by atoms with E-state index in [1.54, 1.807) is 0 Å². The Morgan fingerprint density at radius 3 is 2.94 bits per heavy atom. The van der Waals surface area contributed by atoms with Gasteiger partial charge in [-0.05, 0) is 25.5 Å². The van der Waals surface area contributed by atoms with Crippen LogP contribution in [-0.2, 0) is 9.53 Å². The molecule has 0 aliphatic rings. The van der Waals surface area contributed by atoms with Crippen LogP contribution in [0.1, 0.15) is 19.8 Å². The fraction of sp³-hybridized carbons (Fsp3) is 0.417. The van der Waals surface area contributed by atoms with E-state index < -0.39 is 11.6 Å². The maximum Gasteiger partial charge on any atom is 0.224 e. The van der Waals surface area contributed by atoms with Crippen LogP contribution >= 0.6 is 0 Å². The number of nitrogens with one attached hydrogen (secondary N) is 1. The number of phenolic OH excluding ortho intramolecular Hbond substituents is 1. The highest BCUT2D eigenvalue weighted by atomic mass is 19.1. The second kappa shape index (κ2) is 6.85. The van der Waals surface area contributed by atoms with Gasteiger partial charge in [0, 0.05) is 31.4 Å². The number of carbonyl (C=O) groups is 1. The summed E-state index contributed by atoms with van der Waals surface area (Å²) in [6.45, 7) is 3.05. The van der Waals surface area contributed by atoms with Crippen molar-refractivity contribution in [2.75, 3.05) is 18.5 Å². The number of halogens is 1. The normalized spacial score (nSPS) is 10.2. The smallest absolute Gasteiger partial charge is 0.224 e. The third kappa shape index (κ3) is 4.82. The van der Waals surface area contributed by atoms with Crippen molar-refractivity contribution in [1.82, 2.24) is 0 Å². The van der Waals surface area contributed by atoms with E-state index in [1.165, 1.54) is 12.1 Å². The molecule has 1 amide bonds. The highest BCUT2D eigenvalue weighted by molar-refractivity contribution is 5.90. The van der Waals surface area contributed by atoms with E-state index >= 15 is 0 Å². The first-order valence-corrected chi connectivity index (χ1v) is 5.49. The van der Waals surface area contributed by atoms with Crippen molar-refractivity contribution in [1.29, 1.82) is 0 Å². The molecule has 2 N–H and O–H groups in total. The fourth-order valence-corrected chi connectivity index (χ4v) is 1.29. The molecule has 0 atom stereocenters. The molecule has 17 heavy (non-hydrogen) atoms. The van der Waals surface area contributed by atoms with Crippen LogP contribution in [0.3, 0.4) is 0 Å². The molecule has 0 unspecified atom stereocenters. The first-order chi connectivity index (χ1) is 8.13. The van der Waals surface area contributed by atoms with Gasteiger partial charge in [0.25, 0.3) is 0 Å². The number of benzene rings is 1. The molecule has 0 saturated carbocycles. The van der Waals surface area contributed by atoms with Crippen LogP contribution in [0.4, 0.5) is 10.1 Å². The molecule has 0 bridgehead atoms. The number of phenols is 1. The lowest BCUT2D eigenvalue weighted by Crippen LogP contribution is -2.12. The largest absolute Gasteiger partial charge is 0.505 e. The van der Waals surface area contributed by atoms with Gasteiger partial charge in [-0.2, -0.15) is 0 Å². The van der Waals surface area contributed by atoms with E-state index in [-0.39, 0.29) is 5.91 Å². The Hall–Kier alpha value is -1.62. The summed E-state index contributed by atoms with van der Waals surface area (Å²) in [6.07, 6.45) is 0.947. The zero-order valence-corrected chi connectivity index (χ0v) is 9.70. The highest BCUT2D eigenvalue weighted by Crippen LogP contribution is 2.19. The third-order valence-electron chi connectivity index (χ3n) is 2.13. The number of anilines is 1. The van der Waals surface area contributed by atoms with Gasteiger partial charge in [-0.1, -0.05) is 0 Å². The van der Waals surface area contributed by atoms with Crippen LogP contribution in [0.15, 0.2) is 18.2 Å². The molecule has 5 heteroatoms. The molecule has 0 aliphatic carbocycles. The summed E-state index contributed by atoms with van der Waals surface area (Å²) in [6, 6.07) is 3.72. The lowest BCUT2D eigenvalue weighted by atomic mass is 10.2. The summed E-state index contributed by atoms with van der Waals surface area (Å²) < 4.78 is 18.1. The van der Waals surface area contributed by atoms with Gasteiger partial charge in [0.15, 0.2) is 11.6 Å². The van der Waals surface area contributed by atoms with E-state index in [2.05, 4.69) is 5.32 Å². The molecule has 0 saturated heterocycles. The Balaban J connectivity index is 2.37. The topological polar surface area (TPSA) is 58.6 Å². The number of rotatable bonds is 6. The first-order valence-electron chi connectivity index (χ1n) is 5.49. The molecule has 1 aromatic rings. The lowest BCUT2D eigenvalue weighted by Gasteiger charge is -2.06. The number of aromatic hydroxyl groups is 1. The third-order valence-corrected chi connectivity index (χ3v) is 2.13. The molecular formula is C12H16FNO3. The molecular weight excluding hydrogens is 225 g/mol. The monoisotopic (exact) mass is 241 g/mol. The zero-order chi connectivity index (χ0) is 12.7. The van der Waals surface area contributed by atoms with Crippen molar-refractivity contribution >= 4 is 11.6 Å². The van der Waals surface area contributed by atoms with Gasteiger partial charge in [-0.3, -0.25) is 4.79 Å². The van der Waals surface area contributed by atoms with Gasteiger partial charge < -0.3 is 15.2 Å². The van der Waals surface area contributed by atoms with Crippen molar-refractivity contribution in [2.24, 2.45) is 0 Å². The molecule has 0 aliphatic heterocycles. The molecule has 0 heterocycles. The van der Waals surface area contributed by atoms with E-state index in [4.69, 9.17) is 9.84 Å². The minimum Gasteiger partial charge on any atom is -0.505 e. The molecule has 1 rings (SSSR count). The number of carbonyl (C=O) groups excluding carboxylic acids is 1. The van der Waals surface area contributed by atoms with Crippen molar-refractivity contribution < 1.29 is 19.0 Å². The lowest BCUT2D eigenvalue weighted by molar-refractivity contribution is -0.116. The van der Waals surface area contributed by atoms with Crippen LogP contribution in [0.2, 0.25) is 0 Å². The molecule has 0 spiro atoms. The molecule has 0 fully saturated rings. The maximum atomic E-state index is 13.0. The van der Waals surface area contributed by atoms with Gasteiger partial charge in [-0.25, -0.2) is 4.39 Å². The summed E-state index contributed by atoms with van der Waals surface area (Å²) in [5, 5.41) is 11.5. The Morgan fingerprint density at radius 2 is 2.29 bits per heavy atom. The predicted octanol–water partition coefficient (Wildman–Crippen LogP) is 2.29. The zero-order valence-electron chi connectivity index (χ0n) is 9.70. The summed E-state index contributed by atoms with van der Waals surface area (Å²) in [4.78, 5) is 11.4. The van der Waals surface area contributed by atoms with Crippen LogP contribution in [0.5, 0.6) is 5.75 Å². The summed E-state index contributed by atoms with van der Waals surface area (Å²) >= 11 is 0. The van der Waals surface area contributed by atoms with Crippen molar-refractivity contribution in [3.8, 4) is 5.75 Å². The number of hydrogen-bond donors (Lipinski definition) is 2. The van der Waals surface area contributed by atoms with Crippen LogP contribution < -0.4 is 5.32 Å². The van der Waals surface area contributed by atoms with E-state index in [0.29, 0.717) is 31.7 Å². The number of amides is 1. The SMILES string of the molecule is CCOCCCC(=O)Nc1ccc(O)c(F)c1. The number of hydrogen-bond acceptors (Lipinski definition) is 3. The van der Waals surface area contributed by atoms with Gasteiger partial charge in [0.05, 0.1) is 0 Å². The minimum atomic E-state index is -0.753. The van der Waals surface area contributed by atoms with Crippen LogP contribution in [0, 0.1) is 5.82 Å². The fourth-order valence-electron chi connectivity index (χ4n) is 1.29. The Morgan fingerprint density at radius 1 is 1.53 bits per heavy atom. The van der Waals surface area contributed by atoms with Gasteiger partial charge in [0.1, 0.15) is 0 Å². The maximum absolute atomic E-state index is 13.0. The molecule has 4 nitrogen and oxygen atoms in total. The van der Waals surface area contributed by atoms with Crippen LogP contribution in [-0.4, -0.2) is 24.2 Å². The second-order valence-corrected chi connectivity index (χ2v) is 3.51. The molecule has 1 aromatic carbocycles. The van der Waals surface area contributed by atoms with E-state index in [0.717, 1.165) is 6.07 Å². The molecule has 94 valence electrons. The molecule has 0 radical (unpaired) electrons. The average molecular weight is 241 g/mol. The second-order valence-electron chi connectivity index (χ2n) is 3.51. The van der Waals surface area contributed by atoms with Gasteiger partial charge >= 0.3 is 0 Å². The average Bonchev–Trinajstić information content (AvgIpc) is 2.30. The van der Waals surface area contributed by atoms with Crippen molar-refractivity contribution in [2.45, 2.75) is 19.8 Å². The minimum absolute atomic E-state index is 0.199. The molecule has 0 aromatic heterocycles. The number of ether oxygens (including phenoxy) is 1. The summed E-state index contributed by atoms with van der Waals surface area (Å²) in [5.74, 6) is -1.38. The quantitative estimate of drug-likeness (QED) is 0.593. The Bertz CT molecular complexity index is 382. The van der Waals surface area contributed by atoms with Crippen molar-refractivity contribution in [3.63, 3.8) is 0 Å². The van der Waals surface area contributed by atoms with Gasteiger partial charge in [0.2, 0.25) is 5.91 Å². The van der Waals surface area contributed by atoms with Crippen LogP contribution in [0.25, 0.3) is 0 Å². The Kier molecular flexibility index (Phi) is 5.42. The van der Waals surface area contributed by atoms with E-state index in [1.807, 2.05) is 6.92 Å².